The summed E-state index contributed by atoms with van der Waals surface area (Å²) in [6, 6.07) is 5.47. The Labute approximate surface area is 114 Å². The lowest BCUT2D eigenvalue weighted by molar-refractivity contribution is 0.0946. The van der Waals surface area contributed by atoms with Gasteiger partial charge in [-0.3, -0.25) is 4.79 Å². The number of hydrogen-bond acceptors (Lipinski definition) is 4. The monoisotopic (exact) mass is 266 g/mol. The normalized spacial score (nSPS) is 11.8. The number of ether oxygens (including phenoxy) is 2. The second-order valence-corrected chi connectivity index (χ2v) is 4.21. The maximum Gasteiger partial charge on any atom is 0.255 e. The molecule has 1 amide bonds. The number of hydrogen-bond donors (Lipinski definition) is 2. The molecule has 1 atom stereocenters. The molecule has 0 fully saturated rings. The first kappa shape index (κ1) is 15.3. The fourth-order valence-electron chi connectivity index (χ4n) is 1.83. The van der Waals surface area contributed by atoms with E-state index in [0.717, 1.165) is 6.54 Å². The Morgan fingerprint density at radius 2 is 2.05 bits per heavy atom. The van der Waals surface area contributed by atoms with E-state index in [1.807, 2.05) is 13.8 Å². The summed E-state index contributed by atoms with van der Waals surface area (Å²) in [5, 5.41) is 6.11. The number of para-hydroxylation sites is 1. The molecule has 0 saturated heterocycles. The van der Waals surface area contributed by atoms with Crippen molar-refractivity contribution < 1.29 is 14.3 Å². The molecule has 5 nitrogen and oxygen atoms in total. The van der Waals surface area contributed by atoms with E-state index in [4.69, 9.17) is 9.47 Å². The van der Waals surface area contributed by atoms with Crippen molar-refractivity contribution in [1.29, 1.82) is 0 Å². The highest BCUT2D eigenvalue weighted by molar-refractivity contribution is 5.97. The SMILES string of the molecule is CCN[C@H](C)CNC(=O)c1cccc(OC)c1OC. The molecule has 0 heterocycles. The van der Waals surface area contributed by atoms with Gasteiger partial charge in [0.05, 0.1) is 19.8 Å². The molecule has 1 aromatic rings. The molecule has 0 saturated carbocycles. The quantitative estimate of drug-likeness (QED) is 0.784. The number of benzene rings is 1. The van der Waals surface area contributed by atoms with Crippen LogP contribution >= 0.6 is 0 Å². The lowest BCUT2D eigenvalue weighted by atomic mass is 10.1. The number of methoxy groups -OCH3 is 2. The predicted molar refractivity (Wildman–Crippen MR) is 75.0 cm³/mol. The Hall–Kier alpha value is -1.75. The molecule has 5 heteroatoms. The Bertz CT molecular complexity index is 421. The Balaban J connectivity index is 2.76. The highest BCUT2D eigenvalue weighted by atomic mass is 16.5. The Kier molecular flexibility index (Phi) is 6.15. The van der Waals surface area contributed by atoms with Crippen LogP contribution in [0.4, 0.5) is 0 Å². The van der Waals surface area contributed by atoms with Gasteiger partial charge in [-0.05, 0) is 25.6 Å². The van der Waals surface area contributed by atoms with Gasteiger partial charge in [0.25, 0.3) is 5.91 Å². The third-order valence-electron chi connectivity index (χ3n) is 2.77. The summed E-state index contributed by atoms with van der Waals surface area (Å²) < 4.78 is 10.4. The molecule has 0 bridgehead atoms. The van der Waals surface area contributed by atoms with Gasteiger partial charge in [-0.2, -0.15) is 0 Å². The topological polar surface area (TPSA) is 59.6 Å². The average molecular weight is 266 g/mol. The lowest BCUT2D eigenvalue weighted by Gasteiger charge is -2.15. The van der Waals surface area contributed by atoms with E-state index >= 15 is 0 Å². The zero-order valence-electron chi connectivity index (χ0n) is 11.9. The number of rotatable bonds is 7. The number of carbonyl (C=O) groups excluding carboxylic acids is 1. The molecule has 0 aliphatic rings. The first-order chi connectivity index (χ1) is 9.13. The Morgan fingerprint density at radius 3 is 2.63 bits per heavy atom. The standard InChI is InChI=1S/C14H22N2O3/c1-5-15-10(2)9-16-14(17)11-7-6-8-12(18-3)13(11)19-4/h6-8,10,15H,5,9H2,1-4H3,(H,16,17)/t10-/m1/s1. The summed E-state index contributed by atoms with van der Waals surface area (Å²) in [6.07, 6.45) is 0. The van der Waals surface area contributed by atoms with Gasteiger partial charge in [-0.1, -0.05) is 13.0 Å². The third kappa shape index (κ3) is 4.13. The first-order valence-corrected chi connectivity index (χ1v) is 6.36. The summed E-state index contributed by atoms with van der Waals surface area (Å²) in [7, 11) is 3.07. The van der Waals surface area contributed by atoms with Crippen LogP contribution in [0.5, 0.6) is 11.5 Å². The van der Waals surface area contributed by atoms with Gasteiger partial charge in [-0.25, -0.2) is 0 Å². The van der Waals surface area contributed by atoms with E-state index in [0.29, 0.717) is 23.6 Å². The fourth-order valence-corrected chi connectivity index (χ4v) is 1.83. The van der Waals surface area contributed by atoms with Crippen LogP contribution < -0.4 is 20.1 Å². The zero-order chi connectivity index (χ0) is 14.3. The number of amides is 1. The average Bonchev–Trinajstić information content (AvgIpc) is 2.44. The van der Waals surface area contributed by atoms with E-state index in [2.05, 4.69) is 10.6 Å². The minimum absolute atomic E-state index is 0.166. The van der Waals surface area contributed by atoms with Crippen molar-refractivity contribution in [3.63, 3.8) is 0 Å². The number of likely N-dealkylation sites (N-methyl/N-ethyl adjacent to an activating group) is 1. The summed E-state index contributed by atoms with van der Waals surface area (Å²) >= 11 is 0. The van der Waals surface area contributed by atoms with Crippen LogP contribution in [-0.4, -0.2) is 39.3 Å². The molecule has 1 rings (SSSR count). The van der Waals surface area contributed by atoms with Crippen molar-refractivity contribution in [2.75, 3.05) is 27.3 Å². The number of nitrogens with one attached hydrogen (secondary N) is 2. The highest BCUT2D eigenvalue weighted by Gasteiger charge is 2.16. The molecule has 0 aromatic heterocycles. The maximum atomic E-state index is 12.1. The molecule has 0 unspecified atom stereocenters. The van der Waals surface area contributed by atoms with Crippen LogP contribution in [0.25, 0.3) is 0 Å². The van der Waals surface area contributed by atoms with Gasteiger partial charge < -0.3 is 20.1 Å². The van der Waals surface area contributed by atoms with E-state index in [-0.39, 0.29) is 11.9 Å². The smallest absolute Gasteiger partial charge is 0.255 e. The van der Waals surface area contributed by atoms with Crippen LogP contribution in [0.3, 0.4) is 0 Å². The van der Waals surface area contributed by atoms with Gasteiger partial charge in [0.15, 0.2) is 11.5 Å². The van der Waals surface area contributed by atoms with Gasteiger partial charge in [-0.15, -0.1) is 0 Å². The second-order valence-electron chi connectivity index (χ2n) is 4.21. The van der Waals surface area contributed by atoms with Gasteiger partial charge >= 0.3 is 0 Å². The second kappa shape index (κ2) is 7.63. The van der Waals surface area contributed by atoms with Crippen LogP contribution in [-0.2, 0) is 0 Å². The van der Waals surface area contributed by atoms with Crippen molar-refractivity contribution in [1.82, 2.24) is 10.6 Å². The molecule has 0 aliphatic carbocycles. The van der Waals surface area contributed by atoms with Crippen LogP contribution in [0.1, 0.15) is 24.2 Å². The summed E-state index contributed by atoms with van der Waals surface area (Å²) in [6.45, 7) is 5.49. The first-order valence-electron chi connectivity index (χ1n) is 6.36. The van der Waals surface area contributed by atoms with Crippen molar-refractivity contribution >= 4 is 5.91 Å². The molecule has 2 N–H and O–H groups in total. The molecular weight excluding hydrogens is 244 g/mol. The maximum absolute atomic E-state index is 12.1. The summed E-state index contributed by atoms with van der Waals surface area (Å²) in [5.41, 5.74) is 0.477. The Morgan fingerprint density at radius 1 is 1.32 bits per heavy atom. The third-order valence-corrected chi connectivity index (χ3v) is 2.77. The molecular formula is C14H22N2O3. The number of carbonyl (C=O) groups is 1. The van der Waals surface area contributed by atoms with Crippen molar-refractivity contribution in [3.05, 3.63) is 23.8 Å². The van der Waals surface area contributed by atoms with Gasteiger partial charge in [0.2, 0.25) is 0 Å². The molecule has 0 aliphatic heterocycles. The van der Waals surface area contributed by atoms with Crippen LogP contribution in [0.2, 0.25) is 0 Å². The van der Waals surface area contributed by atoms with E-state index in [9.17, 15) is 4.79 Å². The highest BCUT2D eigenvalue weighted by Crippen LogP contribution is 2.30. The van der Waals surface area contributed by atoms with Crippen molar-refractivity contribution in [2.24, 2.45) is 0 Å². The van der Waals surface area contributed by atoms with E-state index < -0.39 is 0 Å². The minimum atomic E-state index is -0.166. The largest absolute Gasteiger partial charge is 0.493 e. The van der Waals surface area contributed by atoms with E-state index in [1.165, 1.54) is 7.11 Å². The summed E-state index contributed by atoms with van der Waals surface area (Å²) in [5.74, 6) is 0.842. The summed E-state index contributed by atoms with van der Waals surface area (Å²) in [4.78, 5) is 12.1. The van der Waals surface area contributed by atoms with Gasteiger partial charge in [0.1, 0.15) is 0 Å². The van der Waals surface area contributed by atoms with Crippen LogP contribution in [0.15, 0.2) is 18.2 Å². The minimum Gasteiger partial charge on any atom is -0.493 e. The van der Waals surface area contributed by atoms with E-state index in [1.54, 1.807) is 25.3 Å². The fraction of sp³-hybridized carbons (Fsp3) is 0.500. The molecule has 19 heavy (non-hydrogen) atoms. The molecule has 1 aromatic carbocycles. The molecule has 106 valence electrons. The zero-order valence-corrected chi connectivity index (χ0v) is 11.9. The predicted octanol–water partition coefficient (Wildman–Crippen LogP) is 1.43. The van der Waals surface area contributed by atoms with Crippen molar-refractivity contribution in [2.45, 2.75) is 19.9 Å². The molecule has 0 spiro atoms. The lowest BCUT2D eigenvalue weighted by Crippen LogP contribution is -2.38. The van der Waals surface area contributed by atoms with Gasteiger partial charge in [0, 0.05) is 12.6 Å². The molecule has 0 radical (unpaired) electrons. The van der Waals surface area contributed by atoms with Crippen molar-refractivity contribution in [3.8, 4) is 11.5 Å². The van der Waals surface area contributed by atoms with Crippen LogP contribution in [0, 0.1) is 0 Å².